The van der Waals surface area contributed by atoms with Crippen LogP contribution >= 0.6 is 0 Å². The molecule has 0 saturated carbocycles. The third-order valence-corrected chi connectivity index (χ3v) is 3.14. The normalized spacial score (nSPS) is 31.8. The zero-order valence-electron chi connectivity index (χ0n) is 10.6. The molecule has 2 fully saturated rings. The summed E-state index contributed by atoms with van der Waals surface area (Å²) in [5.74, 6) is 0.713. The molecule has 3 nitrogen and oxygen atoms in total. The molecule has 0 radical (unpaired) electrons. The molecule has 1 N–H and O–H groups in total. The maximum atomic E-state index is 5.77. The van der Waals surface area contributed by atoms with Crippen LogP contribution < -0.4 is 5.32 Å². The molecule has 2 aliphatic heterocycles. The highest BCUT2D eigenvalue weighted by molar-refractivity contribution is 4.81. The van der Waals surface area contributed by atoms with Crippen LogP contribution in [0.3, 0.4) is 0 Å². The molecule has 0 spiro atoms. The minimum absolute atomic E-state index is 0.337. The van der Waals surface area contributed by atoms with E-state index in [0.717, 1.165) is 13.3 Å². The quantitative estimate of drug-likeness (QED) is 0.723. The number of fused-ring (bicyclic) bond motifs is 1. The summed E-state index contributed by atoms with van der Waals surface area (Å²) in [6, 6.07) is 0.614. The lowest BCUT2D eigenvalue weighted by Crippen LogP contribution is -2.55. The van der Waals surface area contributed by atoms with E-state index in [-0.39, 0.29) is 0 Å². The van der Waals surface area contributed by atoms with Crippen molar-refractivity contribution < 1.29 is 4.74 Å². The summed E-state index contributed by atoms with van der Waals surface area (Å²) in [5.41, 5.74) is 0. The third kappa shape index (κ3) is 3.44. The lowest BCUT2D eigenvalue weighted by atomic mass is 9.95. The summed E-state index contributed by atoms with van der Waals surface area (Å²) in [6.07, 6.45) is 2.96. The Labute approximate surface area is 94.2 Å². The molecule has 2 rings (SSSR count). The molecular weight excluding hydrogens is 188 g/mol. The number of piperidine rings is 1. The van der Waals surface area contributed by atoms with Gasteiger partial charge in [-0.25, -0.2) is 0 Å². The Morgan fingerprint density at radius 1 is 1.33 bits per heavy atom. The Kier molecular flexibility index (Phi) is 5.58. The monoisotopic (exact) mass is 214 g/mol. The first-order valence-electron chi connectivity index (χ1n) is 6.36. The van der Waals surface area contributed by atoms with Crippen molar-refractivity contribution in [1.82, 2.24) is 10.2 Å². The Hall–Kier alpha value is -0.120. The van der Waals surface area contributed by atoms with Crippen LogP contribution in [0.2, 0.25) is 0 Å². The van der Waals surface area contributed by atoms with Gasteiger partial charge in [0.15, 0.2) is 0 Å². The Morgan fingerprint density at radius 2 is 2.07 bits per heavy atom. The fourth-order valence-electron chi connectivity index (χ4n) is 2.20. The van der Waals surface area contributed by atoms with E-state index < -0.39 is 0 Å². The van der Waals surface area contributed by atoms with Gasteiger partial charge in [-0.1, -0.05) is 13.8 Å². The second-order valence-corrected chi connectivity index (χ2v) is 4.44. The fraction of sp³-hybridized carbons (Fsp3) is 1.00. The topological polar surface area (TPSA) is 24.5 Å². The van der Waals surface area contributed by atoms with Gasteiger partial charge in [0.1, 0.15) is 13.0 Å². The minimum Gasteiger partial charge on any atom is -0.348 e. The summed E-state index contributed by atoms with van der Waals surface area (Å²) in [5, 5.41) is 3.43. The van der Waals surface area contributed by atoms with E-state index in [9.17, 15) is 0 Å². The minimum atomic E-state index is 0.337. The molecule has 2 unspecified atom stereocenters. The molecule has 0 aromatic heterocycles. The SMILES string of the molecule is CC.CC(C)N1COC2NCCCC2C1. The summed E-state index contributed by atoms with van der Waals surface area (Å²) in [6.45, 7) is 11.6. The van der Waals surface area contributed by atoms with Gasteiger partial charge in [-0.3, -0.25) is 10.2 Å². The average molecular weight is 214 g/mol. The van der Waals surface area contributed by atoms with E-state index >= 15 is 0 Å². The number of rotatable bonds is 1. The highest BCUT2D eigenvalue weighted by Crippen LogP contribution is 2.23. The number of nitrogens with one attached hydrogen (secondary N) is 1. The van der Waals surface area contributed by atoms with Crippen molar-refractivity contribution in [3.8, 4) is 0 Å². The zero-order valence-corrected chi connectivity index (χ0v) is 10.6. The van der Waals surface area contributed by atoms with Crippen molar-refractivity contribution in [2.45, 2.75) is 52.8 Å². The lowest BCUT2D eigenvalue weighted by Gasteiger charge is -2.42. The maximum absolute atomic E-state index is 5.77. The van der Waals surface area contributed by atoms with Gasteiger partial charge in [0.2, 0.25) is 0 Å². The Morgan fingerprint density at radius 3 is 2.73 bits per heavy atom. The standard InChI is InChI=1S/C10H20N2O.C2H6/c1-8(2)12-6-9-4-3-5-11-10(9)13-7-12;1-2/h8-11H,3-7H2,1-2H3;1-2H3. The molecule has 0 bridgehead atoms. The largest absolute Gasteiger partial charge is 0.348 e. The van der Waals surface area contributed by atoms with Gasteiger partial charge in [0.05, 0.1) is 0 Å². The molecule has 2 heterocycles. The molecule has 90 valence electrons. The van der Waals surface area contributed by atoms with Gasteiger partial charge >= 0.3 is 0 Å². The van der Waals surface area contributed by atoms with Crippen LogP contribution in [0.1, 0.15) is 40.5 Å². The second-order valence-electron chi connectivity index (χ2n) is 4.44. The van der Waals surface area contributed by atoms with Gasteiger partial charge in [-0.05, 0) is 33.2 Å². The third-order valence-electron chi connectivity index (χ3n) is 3.14. The van der Waals surface area contributed by atoms with Crippen LogP contribution in [0, 0.1) is 5.92 Å². The van der Waals surface area contributed by atoms with Crippen LogP contribution in [0.4, 0.5) is 0 Å². The lowest BCUT2D eigenvalue weighted by molar-refractivity contribution is -0.135. The molecule has 2 atom stereocenters. The van der Waals surface area contributed by atoms with Crippen molar-refractivity contribution in [1.29, 1.82) is 0 Å². The van der Waals surface area contributed by atoms with Crippen molar-refractivity contribution >= 4 is 0 Å². The molecular formula is C12H26N2O. The summed E-state index contributed by atoms with van der Waals surface area (Å²) >= 11 is 0. The highest BCUT2D eigenvalue weighted by atomic mass is 16.5. The number of hydrogen-bond acceptors (Lipinski definition) is 3. The van der Waals surface area contributed by atoms with E-state index in [1.807, 2.05) is 13.8 Å². The zero-order chi connectivity index (χ0) is 11.3. The molecule has 0 amide bonds. The molecule has 2 aliphatic rings. The fourth-order valence-corrected chi connectivity index (χ4v) is 2.20. The van der Waals surface area contributed by atoms with Crippen LogP contribution in [-0.2, 0) is 4.74 Å². The van der Waals surface area contributed by atoms with Gasteiger partial charge < -0.3 is 4.74 Å². The van der Waals surface area contributed by atoms with E-state index in [2.05, 4.69) is 24.1 Å². The first-order chi connectivity index (χ1) is 7.27. The number of nitrogens with zero attached hydrogens (tertiary/aromatic N) is 1. The Bertz CT molecular complexity index is 173. The Balaban J connectivity index is 0.000000531. The number of ether oxygens (including phenoxy) is 1. The molecule has 0 aromatic rings. The smallest absolute Gasteiger partial charge is 0.113 e. The number of hydrogen-bond donors (Lipinski definition) is 1. The highest BCUT2D eigenvalue weighted by Gasteiger charge is 2.32. The van der Waals surface area contributed by atoms with Crippen LogP contribution in [0.25, 0.3) is 0 Å². The van der Waals surface area contributed by atoms with E-state index in [4.69, 9.17) is 4.74 Å². The van der Waals surface area contributed by atoms with Crippen molar-refractivity contribution in [2.75, 3.05) is 19.8 Å². The van der Waals surface area contributed by atoms with Crippen LogP contribution in [0.5, 0.6) is 0 Å². The van der Waals surface area contributed by atoms with Crippen LogP contribution in [0.15, 0.2) is 0 Å². The molecule has 15 heavy (non-hydrogen) atoms. The predicted molar refractivity (Wildman–Crippen MR) is 63.7 cm³/mol. The van der Waals surface area contributed by atoms with E-state index in [0.29, 0.717) is 18.2 Å². The van der Waals surface area contributed by atoms with Crippen molar-refractivity contribution in [3.05, 3.63) is 0 Å². The first-order valence-corrected chi connectivity index (χ1v) is 6.36. The second kappa shape index (κ2) is 6.46. The van der Waals surface area contributed by atoms with Gasteiger partial charge in [0.25, 0.3) is 0 Å². The van der Waals surface area contributed by atoms with E-state index in [1.54, 1.807) is 0 Å². The van der Waals surface area contributed by atoms with Crippen molar-refractivity contribution in [2.24, 2.45) is 5.92 Å². The average Bonchev–Trinajstić information content (AvgIpc) is 2.31. The summed E-state index contributed by atoms with van der Waals surface area (Å²) in [7, 11) is 0. The summed E-state index contributed by atoms with van der Waals surface area (Å²) < 4.78 is 5.77. The predicted octanol–water partition coefficient (Wildman–Crippen LogP) is 2.04. The molecule has 0 aliphatic carbocycles. The molecule has 0 aromatic carbocycles. The van der Waals surface area contributed by atoms with Gasteiger partial charge in [-0.2, -0.15) is 0 Å². The first kappa shape index (κ1) is 12.9. The molecule has 3 heteroatoms. The van der Waals surface area contributed by atoms with E-state index in [1.165, 1.54) is 19.4 Å². The summed E-state index contributed by atoms with van der Waals surface area (Å²) in [4.78, 5) is 2.41. The van der Waals surface area contributed by atoms with Gasteiger partial charge in [-0.15, -0.1) is 0 Å². The molecule has 2 saturated heterocycles. The maximum Gasteiger partial charge on any atom is 0.113 e. The van der Waals surface area contributed by atoms with Crippen LogP contribution in [-0.4, -0.2) is 37.0 Å². The van der Waals surface area contributed by atoms with Gasteiger partial charge in [0, 0.05) is 18.5 Å². The van der Waals surface area contributed by atoms with Crippen molar-refractivity contribution in [3.63, 3.8) is 0 Å².